The molecule has 2 heterocycles. The average Bonchev–Trinajstić information content (AvgIpc) is 2.91. The molecule has 10 heteroatoms. The molecule has 1 amide bonds. The second kappa shape index (κ2) is 10.9. The molecule has 3 aromatic rings. The predicted molar refractivity (Wildman–Crippen MR) is 146 cm³/mol. The highest BCUT2D eigenvalue weighted by Crippen LogP contribution is 2.39. The first-order valence-corrected chi connectivity index (χ1v) is 13.2. The van der Waals surface area contributed by atoms with Crippen molar-refractivity contribution in [3.63, 3.8) is 0 Å². The monoisotopic (exact) mass is 604 g/mol. The summed E-state index contributed by atoms with van der Waals surface area (Å²) in [4.78, 5) is 29.4. The van der Waals surface area contributed by atoms with Gasteiger partial charge in [-0.2, -0.15) is 0 Å². The second-order valence-corrected chi connectivity index (χ2v) is 10.4. The van der Waals surface area contributed by atoms with Gasteiger partial charge in [-0.05, 0) is 29.8 Å². The van der Waals surface area contributed by atoms with Crippen molar-refractivity contribution >= 4 is 56.7 Å². The summed E-state index contributed by atoms with van der Waals surface area (Å²) in [6, 6.07) is 14.7. The van der Waals surface area contributed by atoms with E-state index < -0.39 is 5.97 Å². The van der Waals surface area contributed by atoms with Gasteiger partial charge in [0.05, 0.1) is 53.7 Å². The Morgan fingerprint density at radius 2 is 1.76 bits per heavy atom. The smallest absolute Gasteiger partial charge is 0.339 e. The molecule has 0 N–H and O–H groups in total. The number of carbonyl (C=O) groups is 2. The number of amides is 1. The van der Waals surface area contributed by atoms with Crippen LogP contribution in [-0.4, -0.2) is 56.9 Å². The molecule has 0 aromatic heterocycles. The van der Waals surface area contributed by atoms with Crippen molar-refractivity contribution in [2.75, 3.05) is 45.0 Å². The summed E-state index contributed by atoms with van der Waals surface area (Å²) in [6.07, 6.45) is 0. The number of benzene rings is 3. The summed E-state index contributed by atoms with van der Waals surface area (Å²) >= 11 is 16.0. The number of hydrogen-bond acceptors (Lipinski definition) is 6. The van der Waals surface area contributed by atoms with E-state index in [0.717, 1.165) is 22.4 Å². The molecule has 0 unspecified atom stereocenters. The Bertz CT molecular complexity index is 1350. The maximum absolute atomic E-state index is 13.3. The van der Waals surface area contributed by atoms with Crippen LogP contribution >= 0.6 is 39.1 Å². The van der Waals surface area contributed by atoms with Crippen LogP contribution in [0.1, 0.15) is 26.3 Å². The Morgan fingerprint density at radius 1 is 1.03 bits per heavy atom. The number of fused-ring (bicyclic) bond motifs is 1. The van der Waals surface area contributed by atoms with Crippen molar-refractivity contribution in [3.8, 4) is 16.9 Å². The molecule has 5 rings (SSSR count). The minimum atomic E-state index is -0.390. The van der Waals surface area contributed by atoms with Gasteiger partial charge in [-0.1, -0.05) is 63.4 Å². The maximum atomic E-state index is 13.3. The van der Waals surface area contributed by atoms with E-state index in [1.54, 1.807) is 23.1 Å². The summed E-state index contributed by atoms with van der Waals surface area (Å²) in [7, 11) is 1.38. The Labute approximate surface area is 232 Å². The molecule has 2 aliphatic heterocycles. The highest BCUT2D eigenvalue weighted by atomic mass is 79.9. The fourth-order valence-corrected chi connectivity index (χ4v) is 5.95. The summed E-state index contributed by atoms with van der Waals surface area (Å²) in [6.45, 7) is 2.91. The van der Waals surface area contributed by atoms with Crippen LogP contribution in [0.25, 0.3) is 11.1 Å². The van der Waals surface area contributed by atoms with Gasteiger partial charge in [-0.3, -0.25) is 4.79 Å². The summed E-state index contributed by atoms with van der Waals surface area (Å²) in [5, 5.41) is 0.538. The quantitative estimate of drug-likeness (QED) is 0.338. The van der Waals surface area contributed by atoms with Crippen molar-refractivity contribution < 1.29 is 23.8 Å². The first kappa shape index (κ1) is 25.9. The van der Waals surface area contributed by atoms with Gasteiger partial charge >= 0.3 is 5.97 Å². The molecule has 0 saturated carbocycles. The van der Waals surface area contributed by atoms with Crippen molar-refractivity contribution in [2.24, 2.45) is 0 Å². The molecular formula is C27H23BrCl2N2O5. The zero-order valence-corrected chi connectivity index (χ0v) is 23.0. The molecule has 1 saturated heterocycles. The fraction of sp³-hybridized carbons (Fsp3) is 0.259. The van der Waals surface area contributed by atoms with Crippen LogP contribution in [0.3, 0.4) is 0 Å². The molecule has 192 valence electrons. The number of morpholine rings is 1. The molecule has 2 aliphatic rings. The third-order valence-electron chi connectivity index (χ3n) is 6.40. The van der Waals surface area contributed by atoms with Gasteiger partial charge in [-0.15, -0.1) is 0 Å². The predicted octanol–water partition coefficient (Wildman–Crippen LogP) is 6.04. The fourth-order valence-electron chi connectivity index (χ4n) is 4.58. The van der Waals surface area contributed by atoms with Gasteiger partial charge in [0.25, 0.3) is 5.91 Å². The Balaban J connectivity index is 1.47. The SMILES string of the molecule is COC(=O)c1ccc(-c2cccc3c2OCN(C(=O)c2c(Cl)cc(Br)cc2Cl)C3)cc1N1CCOCC1. The Kier molecular flexibility index (Phi) is 7.62. The lowest BCUT2D eigenvalue weighted by Crippen LogP contribution is -2.37. The number of anilines is 1. The number of rotatable bonds is 4. The van der Waals surface area contributed by atoms with Gasteiger partial charge in [0, 0.05) is 28.7 Å². The lowest BCUT2D eigenvalue weighted by Gasteiger charge is -2.32. The largest absolute Gasteiger partial charge is 0.472 e. The first-order chi connectivity index (χ1) is 17.9. The van der Waals surface area contributed by atoms with Gasteiger partial charge in [0.1, 0.15) is 5.75 Å². The van der Waals surface area contributed by atoms with Crippen molar-refractivity contribution in [1.29, 1.82) is 0 Å². The van der Waals surface area contributed by atoms with E-state index in [0.29, 0.717) is 48.6 Å². The van der Waals surface area contributed by atoms with Gasteiger partial charge in [-0.25, -0.2) is 4.79 Å². The number of methoxy groups -OCH3 is 1. The number of halogens is 3. The Morgan fingerprint density at radius 3 is 2.46 bits per heavy atom. The van der Waals surface area contributed by atoms with Crippen molar-refractivity contribution in [3.05, 3.63) is 79.7 Å². The van der Waals surface area contributed by atoms with Gasteiger partial charge in [0.2, 0.25) is 0 Å². The molecule has 0 atom stereocenters. The molecule has 0 bridgehead atoms. The van der Waals surface area contributed by atoms with Gasteiger partial charge < -0.3 is 24.0 Å². The molecule has 0 radical (unpaired) electrons. The second-order valence-electron chi connectivity index (χ2n) is 8.64. The first-order valence-electron chi connectivity index (χ1n) is 11.6. The number of para-hydroxylation sites is 1. The summed E-state index contributed by atoms with van der Waals surface area (Å²) in [5.41, 5.74) is 4.14. The molecule has 0 spiro atoms. The number of nitrogens with zero attached hydrogens (tertiary/aromatic N) is 2. The van der Waals surface area contributed by atoms with E-state index in [1.165, 1.54) is 7.11 Å². The maximum Gasteiger partial charge on any atom is 0.339 e. The van der Waals surface area contributed by atoms with Crippen molar-refractivity contribution in [2.45, 2.75) is 6.54 Å². The van der Waals surface area contributed by atoms with E-state index in [1.807, 2.05) is 30.3 Å². The summed E-state index contributed by atoms with van der Waals surface area (Å²) < 4.78 is 17.3. The number of esters is 1. The van der Waals surface area contributed by atoms with Crippen LogP contribution in [0.5, 0.6) is 5.75 Å². The number of carbonyl (C=O) groups excluding carboxylic acids is 2. The minimum absolute atomic E-state index is 0.0438. The lowest BCUT2D eigenvalue weighted by atomic mass is 9.97. The third kappa shape index (κ3) is 5.16. The molecule has 37 heavy (non-hydrogen) atoms. The van der Waals surface area contributed by atoms with E-state index >= 15 is 0 Å². The van der Waals surface area contributed by atoms with E-state index in [4.69, 9.17) is 37.4 Å². The zero-order valence-electron chi connectivity index (χ0n) is 19.9. The van der Waals surface area contributed by atoms with E-state index in [9.17, 15) is 9.59 Å². The highest BCUT2D eigenvalue weighted by Gasteiger charge is 2.28. The topological polar surface area (TPSA) is 68.3 Å². The molecule has 7 nitrogen and oxygen atoms in total. The van der Waals surface area contributed by atoms with Crippen LogP contribution in [0.4, 0.5) is 5.69 Å². The van der Waals surface area contributed by atoms with E-state index in [-0.39, 0.29) is 28.2 Å². The van der Waals surface area contributed by atoms with Crippen molar-refractivity contribution in [1.82, 2.24) is 4.90 Å². The lowest BCUT2D eigenvalue weighted by molar-refractivity contribution is 0.0515. The van der Waals surface area contributed by atoms with Crippen LogP contribution in [0, 0.1) is 0 Å². The standard InChI is InChI=1S/C27H23BrCl2N2O5/c1-35-27(34)20-6-5-16(11-23(20)31-7-9-36-10-8-31)19-4-2-3-17-14-32(15-37-25(17)19)26(33)24-21(29)12-18(28)13-22(24)30/h2-6,11-13H,7-10,14-15H2,1H3. The minimum Gasteiger partial charge on any atom is -0.472 e. The third-order valence-corrected chi connectivity index (χ3v) is 7.45. The number of hydrogen-bond donors (Lipinski definition) is 0. The summed E-state index contributed by atoms with van der Waals surface area (Å²) in [5.74, 6) is -0.00677. The van der Waals surface area contributed by atoms with E-state index in [2.05, 4.69) is 20.8 Å². The molecule has 1 fully saturated rings. The highest BCUT2D eigenvalue weighted by molar-refractivity contribution is 9.10. The average molecular weight is 606 g/mol. The van der Waals surface area contributed by atoms with Crippen LogP contribution < -0.4 is 9.64 Å². The van der Waals surface area contributed by atoms with Gasteiger partial charge in [0.15, 0.2) is 6.73 Å². The van der Waals surface area contributed by atoms with Crippen LogP contribution in [0.2, 0.25) is 10.0 Å². The Hall–Kier alpha value is -2.78. The van der Waals surface area contributed by atoms with Crippen LogP contribution in [0.15, 0.2) is 53.0 Å². The zero-order chi connectivity index (χ0) is 26.1. The molecular weight excluding hydrogens is 583 g/mol. The number of ether oxygens (including phenoxy) is 3. The van der Waals surface area contributed by atoms with Crippen LogP contribution in [-0.2, 0) is 16.0 Å². The molecule has 0 aliphatic carbocycles. The normalized spacial score (nSPS) is 15.1. The molecule has 3 aromatic carbocycles.